The number of nitrogens with two attached hydrogens (primary N) is 1. The van der Waals surface area contributed by atoms with Crippen molar-refractivity contribution in [1.29, 1.82) is 0 Å². The summed E-state index contributed by atoms with van der Waals surface area (Å²) in [4.78, 5) is 0. The Bertz CT molecular complexity index is 388. The molecule has 0 fully saturated rings. The van der Waals surface area contributed by atoms with Crippen LogP contribution >= 0.6 is 0 Å². The molecule has 0 aromatic heterocycles. The van der Waals surface area contributed by atoms with Crippen LogP contribution in [0.2, 0.25) is 0 Å². The molecule has 3 nitrogen and oxygen atoms in total. The monoisotopic (exact) mass is 249 g/mol. The van der Waals surface area contributed by atoms with E-state index in [0.717, 1.165) is 23.5 Å². The zero-order valence-corrected chi connectivity index (χ0v) is 11.3. The molecule has 1 aromatic carbocycles. The van der Waals surface area contributed by atoms with Crippen LogP contribution in [0, 0.1) is 5.92 Å². The largest absolute Gasteiger partial charge is 0.486 e. The Morgan fingerprint density at radius 2 is 1.89 bits per heavy atom. The van der Waals surface area contributed by atoms with Crippen molar-refractivity contribution in [2.45, 2.75) is 39.2 Å². The first kappa shape index (κ1) is 13.2. The normalized spacial score (nSPS) is 15.8. The van der Waals surface area contributed by atoms with Crippen molar-refractivity contribution in [3.05, 3.63) is 23.8 Å². The van der Waals surface area contributed by atoms with Gasteiger partial charge in [-0.05, 0) is 18.4 Å². The van der Waals surface area contributed by atoms with Gasteiger partial charge in [-0.15, -0.1) is 0 Å². The zero-order valence-electron chi connectivity index (χ0n) is 11.3. The highest BCUT2D eigenvalue weighted by Gasteiger charge is 2.21. The van der Waals surface area contributed by atoms with Gasteiger partial charge >= 0.3 is 0 Å². The van der Waals surface area contributed by atoms with E-state index in [2.05, 4.69) is 19.9 Å². The Morgan fingerprint density at radius 1 is 1.17 bits per heavy atom. The third kappa shape index (κ3) is 2.78. The lowest BCUT2D eigenvalue weighted by Gasteiger charge is -2.25. The molecule has 0 saturated heterocycles. The molecule has 0 radical (unpaired) electrons. The van der Waals surface area contributed by atoms with Crippen molar-refractivity contribution in [2.24, 2.45) is 11.7 Å². The maximum Gasteiger partial charge on any atom is 0.166 e. The molecular formula is C15H23NO2. The summed E-state index contributed by atoms with van der Waals surface area (Å²) in [5.74, 6) is 2.36. The van der Waals surface area contributed by atoms with E-state index in [1.807, 2.05) is 12.1 Å². The van der Waals surface area contributed by atoms with Gasteiger partial charge in [-0.1, -0.05) is 38.8 Å². The van der Waals surface area contributed by atoms with Crippen LogP contribution in [0.25, 0.3) is 0 Å². The second-order valence-corrected chi connectivity index (χ2v) is 4.90. The molecule has 3 heteroatoms. The minimum atomic E-state index is 0.0338. The van der Waals surface area contributed by atoms with E-state index in [1.54, 1.807) is 0 Å². The van der Waals surface area contributed by atoms with E-state index >= 15 is 0 Å². The van der Waals surface area contributed by atoms with Gasteiger partial charge in [0.15, 0.2) is 11.5 Å². The molecule has 0 aliphatic carbocycles. The number of fused-ring (bicyclic) bond motifs is 1. The Labute approximate surface area is 109 Å². The molecule has 0 spiro atoms. The van der Waals surface area contributed by atoms with Crippen molar-refractivity contribution in [2.75, 3.05) is 13.2 Å². The predicted molar refractivity (Wildman–Crippen MR) is 73.0 cm³/mol. The van der Waals surface area contributed by atoms with Crippen LogP contribution in [0.5, 0.6) is 11.5 Å². The molecule has 0 amide bonds. The van der Waals surface area contributed by atoms with Crippen LogP contribution < -0.4 is 15.2 Å². The molecular weight excluding hydrogens is 226 g/mol. The van der Waals surface area contributed by atoms with Crippen LogP contribution in [-0.4, -0.2) is 13.2 Å². The van der Waals surface area contributed by atoms with Crippen LogP contribution in [0.15, 0.2) is 18.2 Å². The van der Waals surface area contributed by atoms with E-state index in [0.29, 0.717) is 19.1 Å². The van der Waals surface area contributed by atoms with Crippen molar-refractivity contribution in [3.8, 4) is 11.5 Å². The third-order valence-electron chi connectivity index (χ3n) is 3.74. The minimum absolute atomic E-state index is 0.0338. The van der Waals surface area contributed by atoms with Gasteiger partial charge in [0.05, 0.1) is 0 Å². The summed E-state index contributed by atoms with van der Waals surface area (Å²) in [6.07, 6.45) is 3.36. The van der Waals surface area contributed by atoms with Crippen molar-refractivity contribution >= 4 is 0 Å². The van der Waals surface area contributed by atoms with Crippen LogP contribution in [0.1, 0.15) is 44.7 Å². The smallest absolute Gasteiger partial charge is 0.166 e. The average Bonchev–Trinajstić information content (AvgIpc) is 2.43. The molecule has 18 heavy (non-hydrogen) atoms. The lowest BCUT2D eigenvalue weighted by atomic mass is 9.91. The molecule has 1 aliphatic heterocycles. The van der Waals surface area contributed by atoms with Gasteiger partial charge in [0.1, 0.15) is 13.2 Å². The molecule has 1 unspecified atom stereocenters. The van der Waals surface area contributed by atoms with Gasteiger partial charge in [-0.3, -0.25) is 0 Å². The fraction of sp³-hybridized carbons (Fsp3) is 0.600. The average molecular weight is 249 g/mol. The Balaban J connectivity index is 2.17. The van der Waals surface area contributed by atoms with Crippen LogP contribution in [0.4, 0.5) is 0 Å². The van der Waals surface area contributed by atoms with Gasteiger partial charge in [-0.2, -0.15) is 0 Å². The van der Waals surface area contributed by atoms with E-state index in [-0.39, 0.29) is 6.04 Å². The molecule has 2 N–H and O–H groups in total. The van der Waals surface area contributed by atoms with Gasteiger partial charge in [0.2, 0.25) is 0 Å². The summed E-state index contributed by atoms with van der Waals surface area (Å²) in [5.41, 5.74) is 7.42. The maximum absolute atomic E-state index is 6.34. The first-order valence-electron chi connectivity index (χ1n) is 6.90. The summed E-state index contributed by atoms with van der Waals surface area (Å²) in [5, 5.41) is 0. The standard InChI is InChI=1S/C15H23NO2/c1-3-11(4-2)10-13(16)12-6-5-7-14-15(12)18-9-8-17-14/h5-7,11,13H,3-4,8-10,16H2,1-2H3. The number of benzene rings is 1. The zero-order chi connectivity index (χ0) is 13.0. The highest BCUT2D eigenvalue weighted by Crippen LogP contribution is 2.38. The minimum Gasteiger partial charge on any atom is -0.486 e. The highest BCUT2D eigenvalue weighted by molar-refractivity contribution is 5.48. The second kappa shape index (κ2) is 6.10. The molecule has 1 atom stereocenters. The van der Waals surface area contributed by atoms with Crippen molar-refractivity contribution < 1.29 is 9.47 Å². The maximum atomic E-state index is 6.34. The number of hydrogen-bond acceptors (Lipinski definition) is 3. The van der Waals surface area contributed by atoms with Crippen LogP contribution in [0.3, 0.4) is 0 Å². The fourth-order valence-electron chi connectivity index (χ4n) is 2.50. The number of ether oxygens (including phenoxy) is 2. The first-order valence-corrected chi connectivity index (χ1v) is 6.90. The fourth-order valence-corrected chi connectivity index (χ4v) is 2.50. The molecule has 0 bridgehead atoms. The predicted octanol–water partition coefficient (Wildman–Crippen LogP) is 3.28. The first-order chi connectivity index (χ1) is 8.76. The van der Waals surface area contributed by atoms with Crippen molar-refractivity contribution in [3.63, 3.8) is 0 Å². The van der Waals surface area contributed by atoms with E-state index < -0.39 is 0 Å². The molecule has 1 aromatic rings. The summed E-state index contributed by atoms with van der Waals surface area (Å²) in [6, 6.07) is 6.03. The summed E-state index contributed by atoms with van der Waals surface area (Å²) in [7, 11) is 0. The topological polar surface area (TPSA) is 44.5 Å². The van der Waals surface area contributed by atoms with Gasteiger partial charge < -0.3 is 15.2 Å². The number of rotatable bonds is 5. The number of para-hydroxylation sites is 1. The molecule has 1 aliphatic rings. The summed E-state index contributed by atoms with van der Waals surface area (Å²) >= 11 is 0. The summed E-state index contributed by atoms with van der Waals surface area (Å²) < 4.78 is 11.3. The van der Waals surface area contributed by atoms with E-state index in [4.69, 9.17) is 15.2 Å². The number of hydrogen-bond donors (Lipinski definition) is 1. The van der Waals surface area contributed by atoms with E-state index in [9.17, 15) is 0 Å². The Morgan fingerprint density at radius 3 is 2.61 bits per heavy atom. The highest BCUT2D eigenvalue weighted by atomic mass is 16.6. The Hall–Kier alpha value is -1.22. The molecule has 2 rings (SSSR count). The lowest BCUT2D eigenvalue weighted by Crippen LogP contribution is -2.20. The van der Waals surface area contributed by atoms with Gasteiger partial charge in [-0.25, -0.2) is 0 Å². The van der Waals surface area contributed by atoms with Gasteiger partial charge in [0.25, 0.3) is 0 Å². The molecule has 1 heterocycles. The molecule has 0 saturated carbocycles. The van der Waals surface area contributed by atoms with Crippen molar-refractivity contribution in [1.82, 2.24) is 0 Å². The van der Waals surface area contributed by atoms with E-state index in [1.165, 1.54) is 12.8 Å². The quantitative estimate of drug-likeness (QED) is 0.871. The van der Waals surface area contributed by atoms with Crippen LogP contribution in [-0.2, 0) is 0 Å². The third-order valence-corrected chi connectivity index (χ3v) is 3.74. The Kier molecular flexibility index (Phi) is 4.48. The summed E-state index contributed by atoms with van der Waals surface area (Å²) in [6.45, 7) is 5.68. The molecule has 100 valence electrons. The lowest BCUT2D eigenvalue weighted by molar-refractivity contribution is 0.168. The SMILES string of the molecule is CCC(CC)CC(N)c1cccc2c1OCCO2. The van der Waals surface area contributed by atoms with Gasteiger partial charge in [0, 0.05) is 11.6 Å². The second-order valence-electron chi connectivity index (χ2n) is 4.90.